The zero-order chi connectivity index (χ0) is 19.1. The van der Waals surface area contributed by atoms with Crippen LogP contribution >= 0.6 is 23.5 Å². The van der Waals surface area contributed by atoms with E-state index in [9.17, 15) is 9.59 Å². The Hall–Kier alpha value is -1.92. The minimum atomic E-state index is -0.466. The molecule has 1 aliphatic rings. The van der Waals surface area contributed by atoms with Gasteiger partial charge in [0.1, 0.15) is 0 Å². The molecule has 6 heteroatoms. The summed E-state index contributed by atoms with van der Waals surface area (Å²) in [5.41, 5.74) is 2.73. The molecule has 0 N–H and O–H groups in total. The number of benzene rings is 2. The minimum absolute atomic E-state index is 0.223. The number of esters is 1. The molecule has 0 radical (unpaired) electrons. The monoisotopic (exact) mass is 401 g/mol. The normalized spacial score (nSPS) is 14.6. The van der Waals surface area contributed by atoms with Crippen molar-refractivity contribution in [3.63, 3.8) is 0 Å². The van der Waals surface area contributed by atoms with Crippen LogP contribution in [0.2, 0.25) is 0 Å². The van der Waals surface area contributed by atoms with Gasteiger partial charge >= 0.3 is 5.97 Å². The lowest BCUT2D eigenvalue weighted by molar-refractivity contribution is -0.133. The predicted octanol–water partition coefficient (Wildman–Crippen LogP) is 4.37. The van der Waals surface area contributed by atoms with E-state index in [1.54, 1.807) is 24.1 Å². The van der Waals surface area contributed by atoms with Crippen LogP contribution in [0.3, 0.4) is 0 Å². The van der Waals surface area contributed by atoms with Gasteiger partial charge in [-0.25, -0.2) is 4.79 Å². The average Bonchev–Trinajstić information content (AvgIpc) is 2.73. The lowest BCUT2D eigenvalue weighted by Gasteiger charge is -2.21. The maximum Gasteiger partial charge on any atom is 0.338 e. The molecule has 1 saturated heterocycles. The topological polar surface area (TPSA) is 46.6 Å². The fourth-order valence-electron chi connectivity index (χ4n) is 2.72. The van der Waals surface area contributed by atoms with E-state index in [0.717, 1.165) is 5.56 Å². The number of amides is 1. The van der Waals surface area contributed by atoms with Gasteiger partial charge in [0.05, 0.1) is 10.1 Å². The van der Waals surface area contributed by atoms with Gasteiger partial charge in [0.15, 0.2) is 6.61 Å². The molecule has 0 aromatic heterocycles. The van der Waals surface area contributed by atoms with Crippen molar-refractivity contribution in [3.8, 4) is 0 Å². The van der Waals surface area contributed by atoms with Gasteiger partial charge in [-0.05, 0) is 41.2 Å². The smallest absolute Gasteiger partial charge is 0.338 e. The zero-order valence-corrected chi connectivity index (χ0v) is 16.9. The van der Waals surface area contributed by atoms with Crippen molar-refractivity contribution in [1.82, 2.24) is 4.90 Å². The molecule has 0 saturated carbocycles. The predicted molar refractivity (Wildman–Crippen MR) is 112 cm³/mol. The van der Waals surface area contributed by atoms with E-state index in [0.29, 0.717) is 16.7 Å². The van der Waals surface area contributed by atoms with Crippen LogP contribution in [0.15, 0.2) is 54.6 Å². The van der Waals surface area contributed by atoms with Gasteiger partial charge in [-0.2, -0.15) is 0 Å². The lowest BCUT2D eigenvalue weighted by atomic mass is 10.1. The van der Waals surface area contributed by atoms with Crippen molar-refractivity contribution in [3.05, 3.63) is 71.3 Å². The van der Waals surface area contributed by atoms with Crippen molar-refractivity contribution >= 4 is 35.4 Å². The summed E-state index contributed by atoms with van der Waals surface area (Å²) in [6.45, 7) is 0.237. The van der Waals surface area contributed by atoms with E-state index in [1.165, 1.54) is 23.5 Å². The number of nitrogens with zero attached hydrogens (tertiary/aromatic N) is 1. The summed E-state index contributed by atoms with van der Waals surface area (Å²) in [5, 5.41) is 0. The number of thioether (sulfide) groups is 2. The number of ether oxygens (including phenoxy) is 1. The fourth-order valence-corrected chi connectivity index (χ4v) is 5.62. The first kappa shape index (κ1) is 19.8. The molecule has 27 heavy (non-hydrogen) atoms. The standard InChI is InChI=1S/C21H23NO3S2/c1-22(14-16-6-3-2-4-7-16)19(23)15-25-20(24)17-8-10-18(11-9-17)21-26-12-5-13-27-21/h2-4,6-11,21H,5,12-15H2,1H3. The van der Waals surface area contributed by atoms with Crippen molar-refractivity contribution in [2.75, 3.05) is 25.2 Å². The summed E-state index contributed by atoms with van der Waals surface area (Å²) in [6, 6.07) is 17.2. The molecule has 0 spiro atoms. The van der Waals surface area contributed by atoms with Gasteiger partial charge in [0.2, 0.25) is 0 Å². The Morgan fingerprint density at radius 2 is 1.70 bits per heavy atom. The highest BCUT2D eigenvalue weighted by molar-refractivity contribution is 8.16. The van der Waals surface area contributed by atoms with Crippen molar-refractivity contribution in [2.45, 2.75) is 17.5 Å². The average molecular weight is 402 g/mol. The first-order valence-electron chi connectivity index (χ1n) is 8.91. The highest BCUT2D eigenvalue weighted by Crippen LogP contribution is 2.43. The van der Waals surface area contributed by atoms with E-state index in [-0.39, 0.29) is 12.5 Å². The van der Waals surface area contributed by atoms with E-state index in [1.807, 2.05) is 66.0 Å². The molecule has 0 unspecified atom stereocenters. The first-order valence-corrected chi connectivity index (χ1v) is 11.0. The van der Waals surface area contributed by atoms with Gasteiger partial charge in [0.25, 0.3) is 5.91 Å². The zero-order valence-electron chi connectivity index (χ0n) is 15.3. The van der Waals surface area contributed by atoms with Crippen molar-refractivity contribution in [2.24, 2.45) is 0 Å². The van der Waals surface area contributed by atoms with Crippen LogP contribution in [-0.2, 0) is 16.1 Å². The van der Waals surface area contributed by atoms with Crippen LogP contribution in [0.25, 0.3) is 0 Å². The summed E-state index contributed by atoms with van der Waals surface area (Å²) in [5.74, 6) is 1.67. The van der Waals surface area contributed by atoms with Gasteiger partial charge in [-0.1, -0.05) is 42.5 Å². The molecule has 1 amide bonds. The highest BCUT2D eigenvalue weighted by atomic mass is 32.2. The quantitative estimate of drug-likeness (QED) is 0.673. The molecule has 142 valence electrons. The molecule has 3 rings (SSSR count). The van der Waals surface area contributed by atoms with E-state index >= 15 is 0 Å². The molecule has 2 aromatic carbocycles. The van der Waals surface area contributed by atoms with E-state index < -0.39 is 5.97 Å². The number of hydrogen-bond donors (Lipinski definition) is 0. The number of carbonyl (C=O) groups is 2. The second kappa shape index (κ2) is 9.85. The second-order valence-electron chi connectivity index (χ2n) is 6.36. The van der Waals surface area contributed by atoms with Gasteiger partial charge in [-0.15, -0.1) is 23.5 Å². The molecule has 1 aliphatic heterocycles. The van der Waals surface area contributed by atoms with Gasteiger partial charge in [0, 0.05) is 13.6 Å². The third-order valence-electron chi connectivity index (χ3n) is 4.26. The Kier molecular flexibility index (Phi) is 7.24. The molecule has 1 fully saturated rings. The summed E-state index contributed by atoms with van der Waals surface area (Å²) < 4.78 is 5.64. The highest BCUT2D eigenvalue weighted by Gasteiger charge is 2.18. The Balaban J connectivity index is 1.48. The SMILES string of the molecule is CN(Cc1ccccc1)C(=O)COC(=O)c1ccc(C2SCCCS2)cc1. The summed E-state index contributed by atoms with van der Waals surface area (Å²) in [4.78, 5) is 26.0. The van der Waals surface area contributed by atoms with Crippen LogP contribution in [0.4, 0.5) is 0 Å². The molecule has 2 aromatic rings. The number of rotatable bonds is 6. The summed E-state index contributed by atoms with van der Waals surface area (Å²) in [6.07, 6.45) is 1.25. The van der Waals surface area contributed by atoms with E-state index in [2.05, 4.69) is 0 Å². The third-order valence-corrected chi connectivity index (χ3v) is 7.28. The lowest BCUT2D eigenvalue weighted by Crippen LogP contribution is -2.30. The molecule has 0 aliphatic carbocycles. The largest absolute Gasteiger partial charge is 0.452 e. The van der Waals surface area contributed by atoms with Gasteiger partial charge < -0.3 is 9.64 Å². The van der Waals surface area contributed by atoms with Gasteiger partial charge in [-0.3, -0.25) is 4.79 Å². The first-order chi connectivity index (χ1) is 13.1. The second-order valence-corrected chi connectivity index (χ2v) is 9.08. The van der Waals surface area contributed by atoms with Crippen LogP contribution in [0.5, 0.6) is 0 Å². The Morgan fingerprint density at radius 1 is 1.04 bits per heavy atom. The molecule has 1 heterocycles. The summed E-state index contributed by atoms with van der Waals surface area (Å²) >= 11 is 3.89. The third kappa shape index (κ3) is 5.78. The Bertz CT molecular complexity index is 759. The molecular formula is C21H23NO3S2. The number of carbonyl (C=O) groups excluding carboxylic acids is 2. The molecule has 4 nitrogen and oxygen atoms in total. The van der Waals surface area contributed by atoms with E-state index in [4.69, 9.17) is 4.74 Å². The van der Waals surface area contributed by atoms with Crippen LogP contribution < -0.4 is 0 Å². The van der Waals surface area contributed by atoms with Crippen LogP contribution in [-0.4, -0.2) is 41.9 Å². The summed E-state index contributed by atoms with van der Waals surface area (Å²) in [7, 11) is 1.71. The molecule has 0 bridgehead atoms. The number of likely N-dealkylation sites (N-methyl/N-ethyl adjacent to an activating group) is 1. The molecule has 0 atom stereocenters. The Morgan fingerprint density at radius 3 is 2.37 bits per heavy atom. The van der Waals surface area contributed by atoms with Crippen LogP contribution in [0.1, 0.15) is 32.5 Å². The maximum absolute atomic E-state index is 12.2. The maximum atomic E-state index is 12.2. The Labute approximate surface area is 168 Å². The number of hydrogen-bond acceptors (Lipinski definition) is 5. The minimum Gasteiger partial charge on any atom is -0.452 e. The van der Waals surface area contributed by atoms with Crippen LogP contribution in [0, 0.1) is 0 Å². The fraction of sp³-hybridized carbons (Fsp3) is 0.333. The molecular weight excluding hydrogens is 378 g/mol. The van der Waals surface area contributed by atoms with Crippen molar-refractivity contribution < 1.29 is 14.3 Å². The van der Waals surface area contributed by atoms with Crippen molar-refractivity contribution in [1.29, 1.82) is 0 Å².